The number of hydrogen-bond donors (Lipinski definition) is 3. The van der Waals surface area contributed by atoms with Gasteiger partial charge in [0.05, 0.1) is 4.90 Å². The zero-order valence-corrected chi connectivity index (χ0v) is 13.8. The van der Waals surface area contributed by atoms with E-state index in [1.54, 1.807) is 12.1 Å². The molecule has 3 aromatic carbocycles. The summed E-state index contributed by atoms with van der Waals surface area (Å²) in [7, 11) is -4.37. The molecular weight excluding hydrogens is 326 g/mol. The lowest BCUT2D eigenvalue weighted by molar-refractivity contribution is 0.471. The van der Waals surface area contributed by atoms with Crippen molar-refractivity contribution in [2.45, 2.75) is 18.4 Å². The third-order valence-electron chi connectivity index (χ3n) is 3.82. The molecule has 0 bridgehead atoms. The highest BCUT2D eigenvalue weighted by Crippen LogP contribution is 2.30. The maximum Gasteiger partial charge on any atom is 0.294 e. The Labute approximate surface area is 140 Å². The summed E-state index contributed by atoms with van der Waals surface area (Å²) in [4.78, 5) is -0.330. The van der Waals surface area contributed by atoms with Crippen molar-refractivity contribution in [1.29, 1.82) is 0 Å². The third-order valence-corrected chi connectivity index (χ3v) is 4.65. The maximum absolute atomic E-state index is 11.3. The van der Waals surface area contributed by atoms with Gasteiger partial charge in [0.15, 0.2) is 0 Å². The van der Waals surface area contributed by atoms with E-state index in [0.717, 1.165) is 17.3 Å². The van der Waals surface area contributed by atoms with Gasteiger partial charge in [0.25, 0.3) is 10.1 Å². The van der Waals surface area contributed by atoms with Crippen molar-refractivity contribution in [2.75, 3.05) is 5.32 Å². The summed E-state index contributed by atoms with van der Waals surface area (Å²) in [5, 5.41) is 14.2. The molecule has 24 heavy (non-hydrogen) atoms. The van der Waals surface area contributed by atoms with Gasteiger partial charge >= 0.3 is 0 Å². The highest BCUT2D eigenvalue weighted by molar-refractivity contribution is 7.85. The summed E-state index contributed by atoms with van der Waals surface area (Å²) in [6, 6.07) is 15.8. The van der Waals surface area contributed by atoms with Crippen LogP contribution in [0.25, 0.3) is 10.8 Å². The molecular formula is C18H17NO4S. The van der Waals surface area contributed by atoms with Crippen LogP contribution >= 0.6 is 0 Å². The minimum atomic E-state index is -4.37. The Morgan fingerprint density at radius 1 is 1.00 bits per heavy atom. The smallest absolute Gasteiger partial charge is 0.294 e. The molecule has 0 aromatic heterocycles. The first-order valence-electron chi connectivity index (χ1n) is 7.36. The number of aromatic hydroxyl groups is 1. The maximum atomic E-state index is 11.3. The predicted octanol–water partition coefficient (Wildman–Crippen LogP) is 3.71. The summed E-state index contributed by atoms with van der Waals surface area (Å²) in [5.41, 5.74) is 3.10. The van der Waals surface area contributed by atoms with Crippen LogP contribution in [0.4, 0.5) is 5.69 Å². The SMILES string of the molecule is Cc1ccc(CNc2ccc3c(O)cc(S(=O)(=O)O)cc3c2)cc1. The number of aryl methyl sites for hydroxylation is 1. The quantitative estimate of drug-likeness (QED) is 0.629. The van der Waals surface area contributed by atoms with Crippen molar-refractivity contribution in [3.8, 4) is 5.75 Å². The molecule has 3 aromatic rings. The molecule has 0 saturated heterocycles. The number of phenols is 1. The number of fused-ring (bicyclic) bond motifs is 1. The average molecular weight is 343 g/mol. The van der Waals surface area contributed by atoms with Crippen LogP contribution in [0.1, 0.15) is 11.1 Å². The zero-order valence-electron chi connectivity index (χ0n) is 13.0. The first kappa shape index (κ1) is 16.3. The van der Waals surface area contributed by atoms with E-state index >= 15 is 0 Å². The molecule has 0 aliphatic rings. The van der Waals surface area contributed by atoms with Crippen molar-refractivity contribution >= 4 is 26.6 Å². The van der Waals surface area contributed by atoms with Gasteiger partial charge in [0.2, 0.25) is 0 Å². The molecule has 0 radical (unpaired) electrons. The van der Waals surface area contributed by atoms with Crippen LogP contribution in [0.3, 0.4) is 0 Å². The van der Waals surface area contributed by atoms with Crippen LogP contribution in [0.15, 0.2) is 59.5 Å². The van der Waals surface area contributed by atoms with Gasteiger partial charge in [-0.15, -0.1) is 0 Å². The highest BCUT2D eigenvalue weighted by Gasteiger charge is 2.13. The molecule has 6 heteroatoms. The molecule has 3 rings (SSSR count). The molecule has 3 N–H and O–H groups in total. The monoisotopic (exact) mass is 343 g/mol. The minimum absolute atomic E-state index is 0.190. The topological polar surface area (TPSA) is 86.6 Å². The van der Waals surface area contributed by atoms with E-state index in [-0.39, 0.29) is 10.6 Å². The molecule has 0 amide bonds. The summed E-state index contributed by atoms with van der Waals surface area (Å²) < 4.78 is 31.7. The Morgan fingerprint density at radius 2 is 1.71 bits per heavy atom. The average Bonchev–Trinajstić information content (AvgIpc) is 2.53. The highest BCUT2D eigenvalue weighted by atomic mass is 32.2. The fraction of sp³-hybridized carbons (Fsp3) is 0.111. The van der Waals surface area contributed by atoms with Gasteiger partial charge in [-0.1, -0.05) is 29.8 Å². The Bertz CT molecular complexity index is 995. The van der Waals surface area contributed by atoms with Crippen molar-refractivity contribution in [2.24, 2.45) is 0 Å². The molecule has 124 valence electrons. The van der Waals surface area contributed by atoms with Gasteiger partial charge in [-0.25, -0.2) is 0 Å². The summed E-state index contributed by atoms with van der Waals surface area (Å²) >= 11 is 0. The normalized spacial score (nSPS) is 11.6. The van der Waals surface area contributed by atoms with Crippen LogP contribution < -0.4 is 5.32 Å². The van der Waals surface area contributed by atoms with Gasteiger partial charge in [-0.05, 0) is 42.1 Å². The van der Waals surface area contributed by atoms with Crippen molar-refractivity contribution in [1.82, 2.24) is 0 Å². The molecule has 0 aliphatic heterocycles. The first-order valence-corrected chi connectivity index (χ1v) is 8.80. The summed E-state index contributed by atoms with van der Waals surface area (Å²) in [5.74, 6) is -0.190. The van der Waals surface area contributed by atoms with E-state index in [9.17, 15) is 13.5 Å². The van der Waals surface area contributed by atoms with Crippen LogP contribution in [-0.4, -0.2) is 18.1 Å². The van der Waals surface area contributed by atoms with E-state index in [0.29, 0.717) is 17.3 Å². The fourth-order valence-corrected chi connectivity index (χ4v) is 3.03. The molecule has 5 nitrogen and oxygen atoms in total. The van der Waals surface area contributed by atoms with E-state index in [1.807, 2.05) is 37.3 Å². The standard InChI is InChI=1S/C18H17NO4S/c1-12-2-4-13(5-3-12)11-19-15-6-7-17-14(8-15)9-16(10-18(17)20)24(21,22)23/h2-10,19-20H,11H2,1H3,(H,21,22,23). The van der Waals surface area contributed by atoms with E-state index in [4.69, 9.17) is 4.55 Å². The first-order chi connectivity index (χ1) is 11.3. The van der Waals surface area contributed by atoms with E-state index < -0.39 is 10.1 Å². The van der Waals surface area contributed by atoms with Gasteiger partial charge in [0, 0.05) is 23.7 Å². The third kappa shape index (κ3) is 3.50. The minimum Gasteiger partial charge on any atom is -0.507 e. The molecule has 0 atom stereocenters. The Balaban J connectivity index is 1.91. The summed E-state index contributed by atoms with van der Waals surface area (Å²) in [6.07, 6.45) is 0. The van der Waals surface area contributed by atoms with Crippen LogP contribution in [0, 0.1) is 6.92 Å². The van der Waals surface area contributed by atoms with Crippen LogP contribution in [0.2, 0.25) is 0 Å². The number of phenolic OH excluding ortho intramolecular Hbond substituents is 1. The molecule has 0 unspecified atom stereocenters. The Hall–Kier alpha value is -2.57. The number of hydrogen-bond acceptors (Lipinski definition) is 4. The molecule has 0 spiro atoms. The Kier molecular flexibility index (Phi) is 4.17. The second-order valence-corrected chi connectivity index (χ2v) is 7.11. The fourth-order valence-electron chi connectivity index (χ4n) is 2.49. The van der Waals surface area contributed by atoms with Gasteiger partial charge in [-0.2, -0.15) is 8.42 Å². The van der Waals surface area contributed by atoms with Gasteiger partial charge < -0.3 is 10.4 Å². The van der Waals surface area contributed by atoms with Crippen molar-refractivity contribution in [3.05, 3.63) is 65.7 Å². The lowest BCUT2D eigenvalue weighted by Crippen LogP contribution is -2.00. The Morgan fingerprint density at radius 3 is 2.38 bits per heavy atom. The second-order valence-electron chi connectivity index (χ2n) is 5.69. The molecule has 0 heterocycles. The van der Waals surface area contributed by atoms with Crippen molar-refractivity contribution < 1.29 is 18.1 Å². The number of benzene rings is 3. The lowest BCUT2D eigenvalue weighted by Gasteiger charge is -2.10. The van der Waals surface area contributed by atoms with Crippen LogP contribution in [-0.2, 0) is 16.7 Å². The number of anilines is 1. The van der Waals surface area contributed by atoms with Crippen molar-refractivity contribution in [3.63, 3.8) is 0 Å². The number of nitrogens with one attached hydrogen (secondary N) is 1. The molecule has 0 saturated carbocycles. The van der Waals surface area contributed by atoms with Crippen LogP contribution in [0.5, 0.6) is 5.75 Å². The lowest BCUT2D eigenvalue weighted by atomic mass is 10.1. The second kappa shape index (κ2) is 6.14. The summed E-state index contributed by atoms with van der Waals surface area (Å²) in [6.45, 7) is 2.65. The van der Waals surface area contributed by atoms with Gasteiger partial charge in [-0.3, -0.25) is 4.55 Å². The van der Waals surface area contributed by atoms with E-state index in [1.165, 1.54) is 11.6 Å². The number of rotatable bonds is 4. The van der Waals surface area contributed by atoms with E-state index in [2.05, 4.69) is 5.32 Å². The molecule has 0 fully saturated rings. The van der Waals surface area contributed by atoms with Gasteiger partial charge in [0.1, 0.15) is 5.75 Å². The largest absolute Gasteiger partial charge is 0.507 e. The predicted molar refractivity (Wildman–Crippen MR) is 93.9 cm³/mol. The zero-order chi connectivity index (χ0) is 17.3. The molecule has 0 aliphatic carbocycles.